The molecule has 1 N–H and O–H groups in total. The second kappa shape index (κ2) is 17.1. The van der Waals surface area contributed by atoms with E-state index in [2.05, 4.69) is 26.1 Å². The van der Waals surface area contributed by atoms with Crippen LogP contribution in [0.15, 0.2) is 48.5 Å². The first-order chi connectivity index (χ1) is 19.5. The molecular weight excluding hydrogens is 500 g/mol. The van der Waals surface area contributed by atoms with Crippen LogP contribution in [0.4, 0.5) is 5.69 Å². The van der Waals surface area contributed by atoms with Gasteiger partial charge in [-0.1, -0.05) is 64.0 Å². The van der Waals surface area contributed by atoms with Gasteiger partial charge < -0.3 is 19.3 Å². The number of nitrogens with one attached hydrogen (secondary N) is 1. The lowest BCUT2D eigenvalue weighted by atomic mass is 10.1. The van der Waals surface area contributed by atoms with Gasteiger partial charge >= 0.3 is 5.97 Å². The largest absolute Gasteiger partial charge is 0.493 e. The Morgan fingerprint density at radius 2 is 1.52 bits per heavy atom. The Balaban J connectivity index is 1.47. The maximum absolute atomic E-state index is 13.0. The summed E-state index contributed by atoms with van der Waals surface area (Å²) >= 11 is 0. The maximum atomic E-state index is 13.0. The second-order valence-electron chi connectivity index (χ2n) is 11.3. The monoisotopic (exact) mass is 551 g/mol. The third-order valence-electron chi connectivity index (χ3n) is 8.53. The van der Waals surface area contributed by atoms with Crippen LogP contribution in [0, 0.1) is 5.92 Å². The molecule has 0 unspecified atom stereocenters. The van der Waals surface area contributed by atoms with Crippen molar-refractivity contribution in [3.8, 4) is 5.75 Å². The molecular formula is C34H51N2O4+. The first-order valence-electron chi connectivity index (χ1n) is 15.7. The average Bonchev–Trinajstić information content (AvgIpc) is 3.49. The number of ether oxygens (including phenoxy) is 2. The minimum atomic E-state index is -0.322. The summed E-state index contributed by atoms with van der Waals surface area (Å²) in [4.78, 5) is 25.7. The smallest absolute Gasteiger partial charge is 0.338 e. The minimum Gasteiger partial charge on any atom is -0.493 e. The third-order valence-corrected chi connectivity index (χ3v) is 8.53. The Morgan fingerprint density at radius 1 is 0.850 bits per heavy atom. The van der Waals surface area contributed by atoms with Crippen LogP contribution in [-0.4, -0.2) is 55.8 Å². The van der Waals surface area contributed by atoms with E-state index in [0.717, 1.165) is 42.9 Å². The van der Waals surface area contributed by atoms with Gasteiger partial charge in [0.1, 0.15) is 18.9 Å². The topological polar surface area (TPSA) is 64.6 Å². The quantitative estimate of drug-likeness (QED) is 0.116. The molecule has 6 heteroatoms. The highest BCUT2D eigenvalue weighted by atomic mass is 16.5. The Morgan fingerprint density at radius 3 is 2.23 bits per heavy atom. The lowest BCUT2D eigenvalue weighted by Crippen LogP contribution is -2.52. The fourth-order valence-electron chi connectivity index (χ4n) is 5.78. The van der Waals surface area contributed by atoms with E-state index in [1.807, 2.05) is 18.2 Å². The van der Waals surface area contributed by atoms with E-state index in [9.17, 15) is 9.59 Å². The van der Waals surface area contributed by atoms with E-state index in [-0.39, 0.29) is 11.9 Å². The summed E-state index contributed by atoms with van der Waals surface area (Å²) in [6, 6.07) is 14.2. The predicted octanol–water partition coefficient (Wildman–Crippen LogP) is 7.88. The van der Waals surface area contributed by atoms with Crippen LogP contribution in [-0.2, 0) is 4.74 Å². The zero-order valence-corrected chi connectivity index (χ0v) is 25.1. The molecule has 220 valence electrons. The van der Waals surface area contributed by atoms with Gasteiger partial charge in [0.15, 0.2) is 0 Å². The number of carbonyl (C=O) groups excluding carboxylic acids is 2. The highest BCUT2D eigenvalue weighted by Crippen LogP contribution is 2.28. The predicted molar refractivity (Wildman–Crippen MR) is 163 cm³/mol. The van der Waals surface area contributed by atoms with Gasteiger partial charge in [-0.3, -0.25) is 4.79 Å². The van der Waals surface area contributed by atoms with Crippen molar-refractivity contribution in [1.29, 1.82) is 0 Å². The zero-order valence-electron chi connectivity index (χ0n) is 25.1. The van der Waals surface area contributed by atoms with Crippen LogP contribution in [0.2, 0.25) is 0 Å². The number of nitrogens with zero attached hydrogens (tertiary/aromatic N) is 1. The number of esters is 1. The van der Waals surface area contributed by atoms with Crippen LogP contribution < -0.4 is 10.1 Å². The summed E-state index contributed by atoms with van der Waals surface area (Å²) in [6.07, 6.45) is 12.5. The number of carbonyl (C=O) groups is 2. The van der Waals surface area contributed by atoms with E-state index in [1.54, 1.807) is 30.3 Å². The summed E-state index contributed by atoms with van der Waals surface area (Å²) in [6.45, 7) is 11.9. The van der Waals surface area contributed by atoms with Gasteiger partial charge in [0.2, 0.25) is 0 Å². The summed E-state index contributed by atoms with van der Waals surface area (Å²) in [5, 5.41) is 2.93. The molecule has 2 aromatic rings. The summed E-state index contributed by atoms with van der Waals surface area (Å²) in [7, 11) is 0. The van der Waals surface area contributed by atoms with Gasteiger partial charge in [-0.05, 0) is 69.5 Å². The molecule has 3 rings (SSSR count). The number of benzene rings is 2. The highest BCUT2D eigenvalue weighted by Gasteiger charge is 2.30. The summed E-state index contributed by atoms with van der Waals surface area (Å²) in [5.74, 6) is 0.842. The first-order valence-corrected chi connectivity index (χ1v) is 15.7. The molecule has 2 aromatic carbocycles. The first kappa shape index (κ1) is 31.7. The number of amides is 1. The average molecular weight is 552 g/mol. The van der Waals surface area contributed by atoms with Crippen molar-refractivity contribution in [2.45, 2.75) is 85.0 Å². The molecule has 1 aliphatic rings. The standard InChI is InChI=1S/C34H50N2O4/c1-4-7-8-9-10-15-25-39-32-19-14-13-18-31(32)33(37)35-30-22-20-29(21-23-30)34(38)40-26-24-36(5-2,6-3)27-28-16-11-12-17-28/h13-14,18-23,28H,4-12,15-17,24-27H2,1-3H3/p+1. The second-order valence-corrected chi connectivity index (χ2v) is 11.3. The van der Waals surface area contributed by atoms with Crippen molar-refractivity contribution < 1.29 is 23.5 Å². The SMILES string of the molecule is CCCCCCCCOc1ccccc1C(=O)Nc1ccc(C(=O)OCC[N+](CC)(CC)CC2CCCC2)cc1. The van der Waals surface area contributed by atoms with Crippen LogP contribution in [0.3, 0.4) is 0 Å². The minimum absolute atomic E-state index is 0.232. The molecule has 40 heavy (non-hydrogen) atoms. The number of hydrogen-bond acceptors (Lipinski definition) is 4. The van der Waals surface area contributed by atoms with Crippen molar-refractivity contribution in [2.24, 2.45) is 5.92 Å². The van der Waals surface area contributed by atoms with Gasteiger partial charge in [0, 0.05) is 11.6 Å². The lowest BCUT2D eigenvalue weighted by Gasteiger charge is -2.38. The molecule has 0 bridgehead atoms. The molecule has 1 aliphatic carbocycles. The normalized spacial score (nSPS) is 13.8. The molecule has 0 heterocycles. The van der Waals surface area contributed by atoms with Crippen molar-refractivity contribution in [1.82, 2.24) is 0 Å². The number of quaternary nitrogens is 1. The maximum Gasteiger partial charge on any atom is 0.338 e. The molecule has 1 saturated carbocycles. The summed E-state index contributed by atoms with van der Waals surface area (Å²) in [5.41, 5.74) is 1.61. The number of likely N-dealkylation sites (N-methyl/N-ethyl adjacent to an activating group) is 1. The number of hydrogen-bond donors (Lipinski definition) is 1. The number of unbranched alkanes of at least 4 members (excludes halogenated alkanes) is 5. The van der Waals surface area contributed by atoms with E-state index in [1.165, 1.54) is 57.9 Å². The van der Waals surface area contributed by atoms with Gasteiger partial charge in [-0.15, -0.1) is 0 Å². The molecule has 1 fully saturated rings. The highest BCUT2D eigenvalue weighted by molar-refractivity contribution is 6.06. The van der Waals surface area contributed by atoms with Crippen LogP contribution >= 0.6 is 0 Å². The molecule has 1 amide bonds. The molecule has 0 radical (unpaired) electrons. The van der Waals surface area contributed by atoms with E-state index in [0.29, 0.717) is 35.8 Å². The van der Waals surface area contributed by atoms with Gasteiger partial charge in [-0.2, -0.15) is 0 Å². The Labute approximate surface area is 242 Å². The fraction of sp³-hybridized carbons (Fsp3) is 0.588. The Hall–Kier alpha value is -2.86. The fourth-order valence-corrected chi connectivity index (χ4v) is 5.78. The number of para-hydroxylation sites is 1. The van der Waals surface area contributed by atoms with Gasteiger partial charge in [0.05, 0.1) is 37.4 Å². The van der Waals surface area contributed by atoms with Crippen molar-refractivity contribution >= 4 is 17.6 Å². The molecule has 0 saturated heterocycles. The molecule has 6 nitrogen and oxygen atoms in total. The van der Waals surface area contributed by atoms with Crippen LogP contribution in [0.1, 0.15) is 106 Å². The molecule has 0 spiro atoms. The molecule has 0 aromatic heterocycles. The van der Waals surface area contributed by atoms with Crippen molar-refractivity contribution in [3.63, 3.8) is 0 Å². The summed E-state index contributed by atoms with van der Waals surface area (Å²) < 4.78 is 12.6. The van der Waals surface area contributed by atoms with Gasteiger partial charge in [0.25, 0.3) is 5.91 Å². The molecule has 0 aliphatic heterocycles. The van der Waals surface area contributed by atoms with Crippen molar-refractivity contribution in [2.75, 3.05) is 44.7 Å². The Bertz CT molecular complexity index is 1030. The number of anilines is 1. The van der Waals surface area contributed by atoms with Gasteiger partial charge in [-0.25, -0.2) is 4.79 Å². The molecule has 0 atom stereocenters. The zero-order chi connectivity index (χ0) is 28.6. The van der Waals surface area contributed by atoms with E-state index < -0.39 is 0 Å². The third kappa shape index (κ3) is 9.96. The Kier molecular flexibility index (Phi) is 13.5. The van der Waals surface area contributed by atoms with Crippen molar-refractivity contribution in [3.05, 3.63) is 59.7 Å². The number of rotatable bonds is 18. The lowest BCUT2D eigenvalue weighted by molar-refractivity contribution is -0.928. The van der Waals surface area contributed by atoms with E-state index >= 15 is 0 Å². The van der Waals surface area contributed by atoms with Crippen LogP contribution in [0.25, 0.3) is 0 Å². The van der Waals surface area contributed by atoms with E-state index in [4.69, 9.17) is 9.47 Å². The van der Waals surface area contributed by atoms with Crippen LogP contribution in [0.5, 0.6) is 5.75 Å².